The van der Waals surface area contributed by atoms with Gasteiger partial charge in [0.25, 0.3) is 0 Å². The van der Waals surface area contributed by atoms with E-state index in [1.54, 1.807) is 24.3 Å². The Morgan fingerprint density at radius 3 is 1.78 bits per heavy atom. The second-order valence-corrected chi connectivity index (χ2v) is 6.86. The lowest BCUT2D eigenvalue weighted by atomic mass is 9.98. The van der Waals surface area contributed by atoms with Gasteiger partial charge in [0.1, 0.15) is 24.2 Å². The number of benzene rings is 1. The van der Waals surface area contributed by atoms with Gasteiger partial charge >= 0.3 is 23.9 Å². The highest BCUT2D eigenvalue weighted by atomic mass is 16.7. The van der Waals surface area contributed by atoms with E-state index < -0.39 is 54.6 Å². The van der Waals surface area contributed by atoms with E-state index in [2.05, 4.69) is 0 Å². The first-order valence-electron chi connectivity index (χ1n) is 9.72. The topological polar surface area (TPSA) is 133 Å². The van der Waals surface area contributed by atoms with Crippen LogP contribution in [-0.2, 0) is 42.9 Å². The lowest BCUT2D eigenvalue weighted by Crippen LogP contribution is -2.63. The molecule has 0 radical (unpaired) electrons. The third kappa shape index (κ3) is 7.12. The second kappa shape index (κ2) is 11.3. The molecule has 0 amide bonds. The van der Waals surface area contributed by atoms with Gasteiger partial charge in [-0.15, -0.1) is 0 Å². The van der Waals surface area contributed by atoms with Gasteiger partial charge in [-0.2, -0.15) is 0 Å². The lowest BCUT2D eigenvalue weighted by molar-refractivity contribution is -0.288. The number of ether oxygens (including phenoxy) is 7. The summed E-state index contributed by atoms with van der Waals surface area (Å²) in [5.41, 5.74) is 0. The Balaban J connectivity index is 2.42. The minimum Gasteiger partial charge on any atom is -0.497 e. The molecule has 0 saturated carbocycles. The van der Waals surface area contributed by atoms with E-state index in [-0.39, 0.29) is 6.61 Å². The highest BCUT2D eigenvalue weighted by Gasteiger charge is 2.53. The fourth-order valence-corrected chi connectivity index (χ4v) is 3.07. The van der Waals surface area contributed by atoms with E-state index in [4.69, 9.17) is 33.2 Å². The number of hydrogen-bond acceptors (Lipinski definition) is 11. The number of hydrogen-bond donors (Lipinski definition) is 0. The first kappa shape index (κ1) is 24.9. The van der Waals surface area contributed by atoms with Crippen LogP contribution in [0.4, 0.5) is 0 Å². The monoisotopic (exact) mass is 456 g/mol. The first-order valence-corrected chi connectivity index (χ1v) is 9.72. The highest BCUT2D eigenvalue weighted by Crippen LogP contribution is 2.31. The smallest absolute Gasteiger partial charge is 0.303 e. The van der Waals surface area contributed by atoms with E-state index >= 15 is 0 Å². The van der Waals surface area contributed by atoms with Crippen LogP contribution in [0.5, 0.6) is 11.5 Å². The van der Waals surface area contributed by atoms with E-state index in [0.29, 0.717) is 11.5 Å². The summed E-state index contributed by atoms with van der Waals surface area (Å²) in [4.78, 5) is 46.6. The van der Waals surface area contributed by atoms with Crippen LogP contribution in [0, 0.1) is 0 Å². The summed E-state index contributed by atoms with van der Waals surface area (Å²) in [7, 11) is 1.51. The Hall–Kier alpha value is -3.34. The van der Waals surface area contributed by atoms with E-state index in [1.165, 1.54) is 14.0 Å². The zero-order valence-electron chi connectivity index (χ0n) is 18.4. The quantitative estimate of drug-likeness (QED) is 0.412. The Labute approximate surface area is 184 Å². The van der Waals surface area contributed by atoms with Crippen LogP contribution in [0.2, 0.25) is 0 Å². The van der Waals surface area contributed by atoms with Crippen LogP contribution in [-0.4, -0.2) is 68.3 Å². The third-order valence-electron chi connectivity index (χ3n) is 4.26. The molecule has 1 aliphatic heterocycles. The van der Waals surface area contributed by atoms with Crippen molar-refractivity contribution in [3.05, 3.63) is 24.3 Å². The molecule has 1 saturated heterocycles. The SMILES string of the molecule is CC(=O)OC[C@H]1O[C@H](Oc2ccc(O[14CH3])cc2)[C@H](OC(C)=O)[C@@H](OC(C)=O)[C@@H]1OC(C)=O. The predicted molar refractivity (Wildman–Crippen MR) is 106 cm³/mol. The molecule has 0 N–H and O–H groups in total. The van der Waals surface area contributed by atoms with Crippen LogP contribution < -0.4 is 9.47 Å². The maximum absolute atomic E-state index is 11.8. The highest BCUT2D eigenvalue weighted by molar-refractivity contribution is 5.68. The molecule has 0 aromatic heterocycles. The molecular weight excluding hydrogens is 430 g/mol. The zero-order chi connectivity index (χ0) is 23.8. The molecule has 1 aromatic carbocycles. The minimum atomic E-state index is -1.29. The second-order valence-electron chi connectivity index (χ2n) is 6.86. The van der Waals surface area contributed by atoms with Crippen molar-refractivity contribution in [2.45, 2.75) is 58.4 Å². The zero-order valence-corrected chi connectivity index (χ0v) is 18.4. The largest absolute Gasteiger partial charge is 0.497 e. The van der Waals surface area contributed by atoms with Crippen molar-refractivity contribution in [1.29, 1.82) is 0 Å². The van der Waals surface area contributed by atoms with Gasteiger partial charge in [-0.1, -0.05) is 0 Å². The van der Waals surface area contributed by atoms with Gasteiger partial charge in [-0.3, -0.25) is 19.2 Å². The van der Waals surface area contributed by atoms with Crippen molar-refractivity contribution < 1.29 is 52.3 Å². The molecule has 1 aliphatic rings. The maximum Gasteiger partial charge on any atom is 0.303 e. The Bertz CT molecular complexity index is 820. The van der Waals surface area contributed by atoms with E-state index in [0.717, 1.165) is 20.8 Å². The van der Waals surface area contributed by atoms with Gasteiger partial charge in [0.15, 0.2) is 12.2 Å². The van der Waals surface area contributed by atoms with Crippen LogP contribution in [0.3, 0.4) is 0 Å². The lowest BCUT2D eigenvalue weighted by Gasteiger charge is -2.43. The third-order valence-corrected chi connectivity index (χ3v) is 4.26. The number of rotatable bonds is 8. The fraction of sp³-hybridized carbons (Fsp3) is 0.524. The van der Waals surface area contributed by atoms with Gasteiger partial charge in [-0.25, -0.2) is 0 Å². The molecule has 11 nitrogen and oxygen atoms in total. The number of carbonyl (C=O) groups excluding carboxylic acids is 4. The Morgan fingerprint density at radius 2 is 1.28 bits per heavy atom. The molecule has 0 bridgehead atoms. The average molecular weight is 456 g/mol. The first-order chi connectivity index (χ1) is 15.1. The predicted octanol–water partition coefficient (Wildman–Crippen LogP) is 1.16. The van der Waals surface area contributed by atoms with Crippen molar-refractivity contribution in [1.82, 2.24) is 0 Å². The molecule has 1 fully saturated rings. The van der Waals surface area contributed by atoms with Crippen LogP contribution >= 0.6 is 0 Å². The summed E-state index contributed by atoms with van der Waals surface area (Å²) < 4.78 is 37.8. The molecule has 0 aliphatic carbocycles. The van der Waals surface area contributed by atoms with Gasteiger partial charge in [-0.05, 0) is 24.3 Å². The molecule has 2 rings (SSSR count). The summed E-state index contributed by atoms with van der Waals surface area (Å²) in [5, 5.41) is 0. The van der Waals surface area contributed by atoms with Crippen molar-refractivity contribution in [3.8, 4) is 11.5 Å². The van der Waals surface area contributed by atoms with Crippen molar-refractivity contribution in [3.63, 3.8) is 0 Å². The molecule has 32 heavy (non-hydrogen) atoms. The number of methoxy groups -OCH3 is 1. The summed E-state index contributed by atoms with van der Waals surface area (Å²) >= 11 is 0. The summed E-state index contributed by atoms with van der Waals surface area (Å²) in [5.74, 6) is -1.83. The molecule has 176 valence electrons. The van der Waals surface area contributed by atoms with Crippen LogP contribution in [0.1, 0.15) is 27.7 Å². The average Bonchev–Trinajstić information content (AvgIpc) is 2.70. The van der Waals surface area contributed by atoms with Gasteiger partial charge in [0.05, 0.1) is 7.11 Å². The molecular formula is C21H26O11. The van der Waals surface area contributed by atoms with Gasteiger partial charge < -0.3 is 33.2 Å². The van der Waals surface area contributed by atoms with E-state index in [1.807, 2.05) is 0 Å². The van der Waals surface area contributed by atoms with Crippen molar-refractivity contribution >= 4 is 23.9 Å². The Morgan fingerprint density at radius 1 is 0.781 bits per heavy atom. The van der Waals surface area contributed by atoms with E-state index in [9.17, 15) is 19.2 Å². The minimum absolute atomic E-state index is 0.326. The standard InChI is InChI=1S/C21H26O11/c1-11(22)27-10-17-18(28-12(2)23)19(29-13(3)24)20(30-14(4)25)21(32-17)31-16-8-6-15(26-5)7-9-16/h6-9,17-21H,10H2,1-5H3/t17-,18-,19+,20-,21+/m1/s1/i5+2. The van der Waals surface area contributed by atoms with Crippen molar-refractivity contribution in [2.24, 2.45) is 0 Å². The molecule has 0 spiro atoms. The van der Waals surface area contributed by atoms with Crippen molar-refractivity contribution in [2.75, 3.05) is 13.7 Å². The van der Waals surface area contributed by atoms with Gasteiger partial charge in [0, 0.05) is 27.7 Å². The summed E-state index contributed by atoms with van der Waals surface area (Å²) in [6.45, 7) is 4.31. The van der Waals surface area contributed by atoms with Crippen LogP contribution in [0.15, 0.2) is 24.3 Å². The summed E-state index contributed by atoms with van der Waals surface area (Å²) in [6, 6.07) is 6.46. The van der Waals surface area contributed by atoms with Crippen LogP contribution in [0.25, 0.3) is 0 Å². The molecule has 11 heteroatoms. The summed E-state index contributed by atoms with van der Waals surface area (Å²) in [6.07, 6.45) is -6.20. The molecule has 5 atom stereocenters. The molecule has 0 unspecified atom stereocenters. The molecule has 1 aromatic rings. The number of esters is 4. The number of carbonyl (C=O) groups is 4. The maximum atomic E-state index is 11.8. The Kier molecular flexibility index (Phi) is 8.82. The molecule has 1 heterocycles. The normalized spacial score (nSPS) is 24.6. The van der Waals surface area contributed by atoms with Gasteiger partial charge in [0.2, 0.25) is 12.4 Å². The fourth-order valence-electron chi connectivity index (χ4n) is 3.07.